The smallest absolute Gasteiger partial charge is 0.303 e. The number of carboxylic acids is 1. The Balaban J connectivity index is 2.33. The van der Waals surface area contributed by atoms with Crippen LogP contribution in [0.25, 0.3) is 0 Å². The lowest BCUT2D eigenvalue weighted by atomic mass is 9.93. The van der Waals surface area contributed by atoms with E-state index in [0.29, 0.717) is 23.3 Å². The molecule has 4 nitrogen and oxygen atoms in total. The number of hydrogen-bond donors (Lipinski definition) is 1. The maximum Gasteiger partial charge on any atom is 0.303 e. The Hall–Kier alpha value is -0.710. The van der Waals surface area contributed by atoms with Crippen LogP contribution in [0.3, 0.4) is 0 Å². The van der Waals surface area contributed by atoms with Gasteiger partial charge in [-0.3, -0.25) is 9.59 Å². The SMILES string of the molecule is CC(C)SCC(=O)N1CCCC(CCC(=O)O)C1. The average Bonchev–Trinajstić information content (AvgIpc) is 2.33. The number of carbonyl (C=O) groups excluding carboxylic acids is 1. The molecule has 5 heteroatoms. The Morgan fingerprint density at radius 1 is 1.44 bits per heavy atom. The van der Waals surface area contributed by atoms with Gasteiger partial charge in [-0.15, -0.1) is 11.8 Å². The van der Waals surface area contributed by atoms with Crippen LogP contribution in [0.4, 0.5) is 0 Å². The van der Waals surface area contributed by atoms with E-state index in [2.05, 4.69) is 13.8 Å². The van der Waals surface area contributed by atoms with Gasteiger partial charge in [-0.25, -0.2) is 0 Å². The molecule has 1 fully saturated rings. The molecular formula is C13H23NO3S. The summed E-state index contributed by atoms with van der Waals surface area (Å²) in [5.74, 6) is 0.369. The first-order valence-corrected chi connectivity index (χ1v) is 7.65. The van der Waals surface area contributed by atoms with Crippen molar-refractivity contribution in [1.82, 2.24) is 4.90 Å². The highest BCUT2D eigenvalue weighted by molar-refractivity contribution is 8.00. The summed E-state index contributed by atoms with van der Waals surface area (Å²) in [6, 6.07) is 0. The van der Waals surface area contributed by atoms with Crippen LogP contribution in [0, 0.1) is 5.92 Å². The van der Waals surface area contributed by atoms with Gasteiger partial charge < -0.3 is 10.0 Å². The van der Waals surface area contributed by atoms with Crippen molar-refractivity contribution in [2.45, 2.75) is 44.8 Å². The summed E-state index contributed by atoms with van der Waals surface area (Å²) >= 11 is 1.67. The minimum absolute atomic E-state index is 0.203. The molecule has 0 saturated carbocycles. The summed E-state index contributed by atoms with van der Waals surface area (Å²) < 4.78 is 0. The standard InChI is InChI=1S/C13H23NO3S/c1-10(2)18-9-12(15)14-7-3-4-11(8-14)5-6-13(16)17/h10-11H,3-9H2,1-2H3,(H,16,17). The molecule has 0 bridgehead atoms. The van der Waals surface area contributed by atoms with Crippen LogP contribution in [0.15, 0.2) is 0 Å². The second kappa shape index (κ2) is 7.67. The third kappa shape index (κ3) is 5.76. The highest BCUT2D eigenvalue weighted by Gasteiger charge is 2.23. The number of likely N-dealkylation sites (tertiary alicyclic amines) is 1. The monoisotopic (exact) mass is 273 g/mol. The van der Waals surface area contributed by atoms with E-state index in [9.17, 15) is 9.59 Å². The van der Waals surface area contributed by atoms with Crippen molar-refractivity contribution in [2.24, 2.45) is 5.92 Å². The number of piperidine rings is 1. The van der Waals surface area contributed by atoms with Crippen molar-refractivity contribution in [2.75, 3.05) is 18.8 Å². The molecule has 0 spiro atoms. The first-order chi connectivity index (χ1) is 8.49. The maximum atomic E-state index is 12.0. The fourth-order valence-corrected chi connectivity index (χ4v) is 2.84. The molecule has 1 rings (SSSR count). The zero-order chi connectivity index (χ0) is 13.5. The molecule has 1 saturated heterocycles. The predicted molar refractivity (Wildman–Crippen MR) is 73.8 cm³/mol. The van der Waals surface area contributed by atoms with Gasteiger partial charge in [0.1, 0.15) is 0 Å². The molecule has 0 radical (unpaired) electrons. The van der Waals surface area contributed by atoms with Gasteiger partial charge in [-0.1, -0.05) is 13.8 Å². The number of amides is 1. The molecule has 1 unspecified atom stereocenters. The lowest BCUT2D eigenvalue weighted by molar-refractivity contribution is -0.137. The van der Waals surface area contributed by atoms with Crippen molar-refractivity contribution < 1.29 is 14.7 Å². The van der Waals surface area contributed by atoms with E-state index in [1.807, 2.05) is 4.90 Å². The molecule has 0 aromatic heterocycles. The Labute approximate surface area is 113 Å². The van der Waals surface area contributed by atoms with Crippen LogP contribution in [0.5, 0.6) is 0 Å². The molecule has 0 aromatic rings. The van der Waals surface area contributed by atoms with E-state index >= 15 is 0 Å². The average molecular weight is 273 g/mol. The lowest BCUT2D eigenvalue weighted by Gasteiger charge is -2.32. The fourth-order valence-electron chi connectivity index (χ4n) is 2.18. The fraction of sp³-hybridized carbons (Fsp3) is 0.846. The topological polar surface area (TPSA) is 57.6 Å². The van der Waals surface area contributed by atoms with Gasteiger partial charge >= 0.3 is 5.97 Å². The van der Waals surface area contributed by atoms with Crippen LogP contribution in [-0.2, 0) is 9.59 Å². The minimum atomic E-state index is -0.742. The van der Waals surface area contributed by atoms with Crippen molar-refractivity contribution in [3.05, 3.63) is 0 Å². The highest BCUT2D eigenvalue weighted by atomic mass is 32.2. The number of aliphatic carboxylic acids is 1. The molecular weight excluding hydrogens is 250 g/mol. The molecule has 18 heavy (non-hydrogen) atoms. The van der Waals surface area contributed by atoms with Crippen molar-refractivity contribution in [3.63, 3.8) is 0 Å². The number of thioether (sulfide) groups is 1. The Kier molecular flexibility index (Phi) is 6.54. The summed E-state index contributed by atoms with van der Waals surface area (Å²) in [6.07, 6.45) is 2.96. The summed E-state index contributed by atoms with van der Waals surface area (Å²) in [4.78, 5) is 24.4. The lowest BCUT2D eigenvalue weighted by Crippen LogP contribution is -2.41. The molecule has 0 aliphatic carbocycles. The largest absolute Gasteiger partial charge is 0.481 e. The zero-order valence-corrected chi connectivity index (χ0v) is 12.0. The third-order valence-electron chi connectivity index (χ3n) is 3.18. The van der Waals surface area contributed by atoms with E-state index in [-0.39, 0.29) is 12.3 Å². The van der Waals surface area contributed by atoms with E-state index in [1.54, 1.807) is 11.8 Å². The zero-order valence-electron chi connectivity index (χ0n) is 11.2. The van der Waals surface area contributed by atoms with Crippen LogP contribution >= 0.6 is 11.8 Å². The summed E-state index contributed by atoms with van der Waals surface area (Å²) in [6.45, 7) is 5.75. The minimum Gasteiger partial charge on any atom is -0.481 e. The van der Waals surface area contributed by atoms with E-state index in [4.69, 9.17) is 5.11 Å². The summed E-state index contributed by atoms with van der Waals surface area (Å²) in [7, 11) is 0. The second-order valence-corrected chi connectivity index (χ2v) is 6.70. The van der Waals surface area contributed by atoms with Gasteiger partial charge in [0, 0.05) is 19.5 Å². The van der Waals surface area contributed by atoms with Gasteiger partial charge in [-0.2, -0.15) is 0 Å². The Morgan fingerprint density at radius 2 is 2.17 bits per heavy atom. The van der Waals surface area contributed by atoms with Crippen molar-refractivity contribution in [3.8, 4) is 0 Å². The van der Waals surface area contributed by atoms with E-state index in [0.717, 1.165) is 25.9 Å². The second-order valence-electron chi connectivity index (χ2n) is 5.14. The summed E-state index contributed by atoms with van der Waals surface area (Å²) in [5.41, 5.74) is 0. The Morgan fingerprint density at radius 3 is 2.78 bits per heavy atom. The molecule has 1 amide bonds. The number of carboxylic acid groups (broad SMARTS) is 1. The van der Waals surface area contributed by atoms with Gasteiger partial charge in [0.05, 0.1) is 5.75 Å². The predicted octanol–water partition coefficient (Wildman–Crippen LogP) is 2.23. The maximum absolute atomic E-state index is 12.0. The molecule has 104 valence electrons. The number of carbonyl (C=O) groups is 2. The summed E-state index contributed by atoms with van der Waals surface area (Å²) in [5, 5.41) is 9.15. The molecule has 1 aliphatic heterocycles. The van der Waals surface area contributed by atoms with Crippen LogP contribution < -0.4 is 0 Å². The number of rotatable bonds is 6. The van der Waals surface area contributed by atoms with Gasteiger partial charge in [0.2, 0.25) is 5.91 Å². The van der Waals surface area contributed by atoms with Crippen LogP contribution in [-0.4, -0.2) is 46.0 Å². The number of nitrogens with zero attached hydrogens (tertiary/aromatic N) is 1. The van der Waals surface area contributed by atoms with Crippen molar-refractivity contribution >= 4 is 23.6 Å². The van der Waals surface area contributed by atoms with Crippen LogP contribution in [0.1, 0.15) is 39.5 Å². The first-order valence-electron chi connectivity index (χ1n) is 6.60. The quantitative estimate of drug-likeness (QED) is 0.806. The Bertz CT molecular complexity index is 294. The third-order valence-corrected chi connectivity index (χ3v) is 4.26. The molecule has 1 aliphatic rings. The van der Waals surface area contributed by atoms with Crippen molar-refractivity contribution in [1.29, 1.82) is 0 Å². The number of hydrogen-bond acceptors (Lipinski definition) is 3. The normalized spacial score (nSPS) is 20.2. The van der Waals surface area contributed by atoms with E-state index in [1.165, 1.54) is 0 Å². The van der Waals surface area contributed by atoms with Crippen LogP contribution in [0.2, 0.25) is 0 Å². The van der Waals surface area contributed by atoms with Gasteiger partial charge in [-0.05, 0) is 30.4 Å². The highest BCUT2D eigenvalue weighted by Crippen LogP contribution is 2.22. The molecule has 0 aromatic carbocycles. The van der Waals surface area contributed by atoms with Gasteiger partial charge in [0.15, 0.2) is 0 Å². The van der Waals surface area contributed by atoms with E-state index < -0.39 is 5.97 Å². The molecule has 1 N–H and O–H groups in total. The first kappa shape index (κ1) is 15.3. The molecule has 1 heterocycles. The molecule has 1 atom stereocenters. The van der Waals surface area contributed by atoms with Gasteiger partial charge in [0.25, 0.3) is 0 Å².